The highest BCUT2D eigenvalue weighted by Gasteiger charge is 2.41. The maximum atomic E-state index is 12.3. The number of ether oxygens (including phenoxy) is 1. The highest BCUT2D eigenvalue weighted by molar-refractivity contribution is 6.30. The number of piperazine rings is 1. The van der Waals surface area contributed by atoms with Crippen LogP contribution in [0.1, 0.15) is 26.2 Å². The summed E-state index contributed by atoms with van der Waals surface area (Å²) in [5.41, 5.74) is 0.109. The number of carbonyl (C=O) groups excluding carboxylic acids is 1. The minimum atomic E-state index is 0.109. The SMILES string of the molecule is CCN1CC[C@]2(CCC1=O)CN(CCOc1ccc(Cl)cc1)CCN2C. The summed E-state index contributed by atoms with van der Waals surface area (Å²) in [6.07, 6.45) is 2.66. The molecule has 0 aliphatic carbocycles. The van der Waals surface area contributed by atoms with Crippen LogP contribution in [0.5, 0.6) is 5.75 Å². The van der Waals surface area contributed by atoms with Gasteiger partial charge in [0.05, 0.1) is 0 Å². The molecule has 2 aliphatic heterocycles. The molecule has 0 N–H and O–H groups in total. The number of hydrogen-bond donors (Lipinski definition) is 0. The van der Waals surface area contributed by atoms with Crippen LogP contribution in [0.25, 0.3) is 0 Å². The van der Waals surface area contributed by atoms with Crippen molar-refractivity contribution in [2.24, 2.45) is 0 Å². The molecule has 1 amide bonds. The Kier molecular flexibility index (Phi) is 6.43. The number of hydrogen-bond acceptors (Lipinski definition) is 4. The number of likely N-dealkylation sites (tertiary alicyclic amines) is 1. The Labute approximate surface area is 161 Å². The van der Waals surface area contributed by atoms with Crippen molar-refractivity contribution in [3.05, 3.63) is 29.3 Å². The van der Waals surface area contributed by atoms with E-state index >= 15 is 0 Å². The van der Waals surface area contributed by atoms with Crippen molar-refractivity contribution in [3.63, 3.8) is 0 Å². The molecule has 2 heterocycles. The largest absolute Gasteiger partial charge is 0.492 e. The fraction of sp³-hybridized carbons (Fsp3) is 0.650. The molecule has 3 rings (SSSR count). The summed E-state index contributed by atoms with van der Waals surface area (Å²) in [5.74, 6) is 1.16. The maximum Gasteiger partial charge on any atom is 0.222 e. The number of halogens is 1. The van der Waals surface area contributed by atoms with E-state index in [1.165, 1.54) is 0 Å². The van der Waals surface area contributed by atoms with E-state index < -0.39 is 0 Å². The van der Waals surface area contributed by atoms with Crippen LogP contribution in [0.2, 0.25) is 5.02 Å². The second-order valence-corrected chi connectivity index (χ2v) is 7.88. The summed E-state index contributed by atoms with van der Waals surface area (Å²) >= 11 is 5.91. The van der Waals surface area contributed by atoms with Gasteiger partial charge in [0.1, 0.15) is 12.4 Å². The zero-order valence-corrected chi connectivity index (χ0v) is 16.7. The fourth-order valence-corrected chi connectivity index (χ4v) is 4.25. The molecule has 26 heavy (non-hydrogen) atoms. The first kappa shape index (κ1) is 19.5. The minimum Gasteiger partial charge on any atom is -0.492 e. The first-order chi connectivity index (χ1) is 12.5. The molecule has 144 valence electrons. The van der Waals surface area contributed by atoms with E-state index in [1.54, 1.807) is 0 Å². The Morgan fingerprint density at radius 2 is 1.92 bits per heavy atom. The number of benzene rings is 1. The van der Waals surface area contributed by atoms with E-state index in [4.69, 9.17) is 16.3 Å². The van der Waals surface area contributed by atoms with Gasteiger partial charge in [-0.3, -0.25) is 14.6 Å². The molecule has 6 heteroatoms. The molecule has 0 unspecified atom stereocenters. The van der Waals surface area contributed by atoms with E-state index in [0.29, 0.717) is 18.9 Å². The molecular weight excluding hydrogens is 350 g/mol. The fourth-order valence-electron chi connectivity index (χ4n) is 4.12. The number of nitrogens with zero attached hydrogens (tertiary/aromatic N) is 3. The standard InChI is InChI=1S/C20H30ClN3O2/c1-3-24-11-10-20(9-8-19(24)25)16-23(13-12-22(20)2)14-15-26-18-6-4-17(21)5-7-18/h4-7H,3,8-16H2,1-2H3/t20-/m1/s1. The van der Waals surface area contributed by atoms with Gasteiger partial charge in [-0.2, -0.15) is 0 Å². The lowest BCUT2D eigenvalue weighted by Crippen LogP contribution is -2.61. The second-order valence-electron chi connectivity index (χ2n) is 7.45. The van der Waals surface area contributed by atoms with Crippen LogP contribution < -0.4 is 4.74 Å². The lowest BCUT2D eigenvalue weighted by Gasteiger charge is -2.49. The number of rotatable bonds is 5. The zero-order chi connectivity index (χ0) is 18.6. The average Bonchev–Trinajstić information content (AvgIpc) is 2.80. The molecule has 0 saturated carbocycles. The second kappa shape index (κ2) is 8.59. The smallest absolute Gasteiger partial charge is 0.222 e. The van der Waals surface area contributed by atoms with E-state index in [0.717, 1.165) is 62.9 Å². The van der Waals surface area contributed by atoms with Crippen LogP contribution in [0.4, 0.5) is 0 Å². The molecule has 2 fully saturated rings. The Hall–Kier alpha value is -1.30. The summed E-state index contributed by atoms with van der Waals surface area (Å²) in [7, 11) is 2.22. The van der Waals surface area contributed by atoms with Crippen LogP contribution in [-0.4, -0.2) is 79.1 Å². The van der Waals surface area contributed by atoms with Crippen molar-refractivity contribution in [1.82, 2.24) is 14.7 Å². The third kappa shape index (κ3) is 4.51. The number of carbonyl (C=O) groups is 1. The van der Waals surface area contributed by atoms with Crippen molar-refractivity contribution in [2.75, 3.05) is 52.9 Å². The van der Waals surface area contributed by atoms with E-state index in [-0.39, 0.29) is 5.54 Å². The monoisotopic (exact) mass is 379 g/mol. The van der Waals surface area contributed by atoms with Crippen LogP contribution in [0.3, 0.4) is 0 Å². The Bertz CT molecular complexity index is 610. The molecule has 1 aromatic carbocycles. The van der Waals surface area contributed by atoms with Crippen LogP contribution in [0, 0.1) is 0 Å². The van der Waals surface area contributed by atoms with Gasteiger partial charge in [0.25, 0.3) is 0 Å². The van der Waals surface area contributed by atoms with E-state index in [9.17, 15) is 4.79 Å². The summed E-state index contributed by atoms with van der Waals surface area (Å²) < 4.78 is 5.87. The molecule has 0 aromatic heterocycles. The molecule has 0 bridgehead atoms. The quantitative estimate of drug-likeness (QED) is 0.788. The van der Waals surface area contributed by atoms with Gasteiger partial charge in [-0.05, 0) is 51.1 Å². The summed E-state index contributed by atoms with van der Waals surface area (Å²) in [4.78, 5) is 19.3. The van der Waals surface area contributed by atoms with E-state index in [2.05, 4.69) is 23.8 Å². The van der Waals surface area contributed by atoms with Crippen molar-refractivity contribution < 1.29 is 9.53 Å². The predicted molar refractivity (Wildman–Crippen MR) is 105 cm³/mol. The third-order valence-electron chi connectivity index (χ3n) is 5.95. The van der Waals surface area contributed by atoms with Gasteiger partial charge >= 0.3 is 0 Å². The van der Waals surface area contributed by atoms with Gasteiger partial charge in [0, 0.05) is 56.3 Å². The molecule has 1 spiro atoms. The summed E-state index contributed by atoms with van der Waals surface area (Å²) in [6.45, 7) is 8.44. The van der Waals surface area contributed by atoms with Crippen LogP contribution >= 0.6 is 11.6 Å². The minimum absolute atomic E-state index is 0.109. The van der Waals surface area contributed by atoms with Crippen molar-refractivity contribution in [3.8, 4) is 5.75 Å². The van der Waals surface area contributed by atoms with Crippen molar-refractivity contribution in [1.29, 1.82) is 0 Å². The van der Waals surface area contributed by atoms with Crippen LogP contribution in [-0.2, 0) is 4.79 Å². The first-order valence-corrected chi connectivity index (χ1v) is 10.00. The van der Waals surface area contributed by atoms with Gasteiger partial charge in [-0.25, -0.2) is 0 Å². The molecule has 1 aromatic rings. The third-order valence-corrected chi connectivity index (χ3v) is 6.21. The first-order valence-electron chi connectivity index (χ1n) is 9.62. The van der Waals surface area contributed by atoms with E-state index in [1.807, 2.05) is 29.2 Å². The molecule has 2 aliphatic rings. The van der Waals surface area contributed by atoms with Gasteiger partial charge in [-0.15, -0.1) is 0 Å². The lowest BCUT2D eigenvalue weighted by molar-refractivity contribution is -0.130. The average molecular weight is 380 g/mol. The van der Waals surface area contributed by atoms with Crippen molar-refractivity contribution in [2.45, 2.75) is 31.7 Å². The Morgan fingerprint density at radius 1 is 1.15 bits per heavy atom. The molecule has 1 atom stereocenters. The number of amides is 1. The highest BCUT2D eigenvalue weighted by Crippen LogP contribution is 2.32. The molecular formula is C20H30ClN3O2. The molecule has 2 saturated heterocycles. The van der Waals surface area contributed by atoms with Gasteiger partial charge in [0.15, 0.2) is 0 Å². The maximum absolute atomic E-state index is 12.3. The zero-order valence-electron chi connectivity index (χ0n) is 15.9. The highest BCUT2D eigenvalue weighted by atomic mass is 35.5. The molecule has 5 nitrogen and oxygen atoms in total. The summed E-state index contributed by atoms with van der Waals surface area (Å²) in [6, 6.07) is 7.52. The van der Waals surface area contributed by atoms with Crippen molar-refractivity contribution >= 4 is 17.5 Å². The van der Waals surface area contributed by atoms with Crippen LogP contribution in [0.15, 0.2) is 24.3 Å². The Balaban J connectivity index is 1.55. The lowest BCUT2D eigenvalue weighted by atomic mass is 9.86. The summed E-state index contributed by atoms with van der Waals surface area (Å²) in [5, 5.41) is 0.724. The molecule has 0 radical (unpaired) electrons. The van der Waals surface area contributed by atoms with Gasteiger partial charge in [-0.1, -0.05) is 11.6 Å². The van der Waals surface area contributed by atoms with Gasteiger partial charge in [0.2, 0.25) is 5.91 Å². The predicted octanol–water partition coefficient (Wildman–Crippen LogP) is 2.74. The number of likely N-dealkylation sites (N-methyl/N-ethyl adjacent to an activating group) is 1. The van der Waals surface area contributed by atoms with Gasteiger partial charge < -0.3 is 9.64 Å². The normalized spacial score (nSPS) is 25.5. The topological polar surface area (TPSA) is 36.0 Å². The Morgan fingerprint density at radius 3 is 2.65 bits per heavy atom.